The van der Waals surface area contributed by atoms with E-state index in [4.69, 9.17) is 11.6 Å². The van der Waals surface area contributed by atoms with Gasteiger partial charge in [-0.2, -0.15) is 14.1 Å². The summed E-state index contributed by atoms with van der Waals surface area (Å²) >= 11 is 5.81. The molecule has 1 aromatic carbocycles. The lowest BCUT2D eigenvalue weighted by molar-refractivity contribution is -0.116. The minimum atomic E-state index is -3.84. The summed E-state index contributed by atoms with van der Waals surface area (Å²) in [6.45, 7) is 5.06. The molecule has 0 fully saturated rings. The van der Waals surface area contributed by atoms with E-state index in [1.807, 2.05) is 19.9 Å². The number of sulfonamides is 1. The smallest absolute Gasteiger partial charge is 0.252 e. The van der Waals surface area contributed by atoms with Crippen molar-refractivity contribution in [1.82, 2.24) is 24.1 Å². The first-order valence-corrected chi connectivity index (χ1v) is 10.8. The van der Waals surface area contributed by atoms with Crippen LogP contribution in [0, 0.1) is 20.8 Å². The van der Waals surface area contributed by atoms with Gasteiger partial charge in [0.05, 0.1) is 17.1 Å². The van der Waals surface area contributed by atoms with E-state index in [0.717, 1.165) is 15.7 Å². The monoisotopic (exact) mass is 448 g/mol. The van der Waals surface area contributed by atoms with Gasteiger partial charge in [-0.05, 0) is 51.1 Å². The Morgan fingerprint density at radius 3 is 2.27 bits per heavy atom. The largest absolute Gasteiger partial charge is 0.309 e. The maximum atomic E-state index is 12.7. The molecule has 1 amide bonds. The maximum Gasteiger partial charge on any atom is 0.252 e. The number of hydrogen-bond acceptors (Lipinski definition) is 6. The molecule has 0 saturated heterocycles. The van der Waals surface area contributed by atoms with Crippen molar-refractivity contribution < 1.29 is 13.2 Å². The summed E-state index contributed by atoms with van der Waals surface area (Å²) in [5.41, 5.74) is 2.17. The number of carbonyl (C=O) groups is 1. The number of hydrogen-bond donors (Lipinski definition) is 1. The van der Waals surface area contributed by atoms with Gasteiger partial charge < -0.3 is 5.32 Å². The van der Waals surface area contributed by atoms with Crippen LogP contribution in [-0.2, 0) is 14.8 Å². The number of amides is 1. The van der Waals surface area contributed by atoms with Crippen LogP contribution in [0.1, 0.15) is 17.1 Å². The summed E-state index contributed by atoms with van der Waals surface area (Å²) < 4.78 is 27.7. The summed E-state index contributed by atoms with van der Waals surface area (Å²) in [5, 5.41) is 7.44. The third-order valence-electron chi connectivity index (χ3n) is 4.15. The fourth-order valence-corrected chi connectivity index (χ4v) is 4.05. The molecule has 2 aromatic heterocycles. The Labute approximate surface area is 179 Å². The average Bonchev–Trinajstić information content (AvgIpc) is 3.01. The predicted octanol–water partition coefficient (Wildman–Crippen LogP) is 2.50. The van der Waals surface area contributed by atoms with E-state index >= 15 is 0 Å². The van der Waals surface area contributed by atoms with Crippen molar-refractivity contribution in [2.24, 2.45) is 0 Å². The molecule has 0 aliphatic heterocycles. The topological polar surface area (TPSA) is 110 Å². The minimum Gasteiger partial charge on any atom is -0.309 e. The number of benzene rings is 1. The molecule has 3 rings (SSSR count). The van der Waals surface area contributed by atoms with Crippen LogP contribution in [0.25, 0.3) is 5.95 Å². The van der Waals surface area contributed by atoms with Crippen LogP contribution in [0.4, 0.5) is 5.82 Å². The van der Waals surface area contributed by atoms with Gasteiger partial charge in [0, 0.05) is 29.5 Å². The molecule has 0 aliphatic rings. The first-order chi connectivity index (χ1) is 14.1. The Kier molecular flexibility index (Phi) is 6.20. The molecular weight excluding hydrogens is 428 g/mol. The van der Waals surface area contributed by atoms with Crippen molar-refractivity contribution in [2.75, 3.05) is 18.9 Å². The van der Waals surface area contributed by atoms with Crippen molar-refractivity contribution in [1.29, 1.82) is 0 Å². The summed E-state index contributed by atoms with van der Waals surface area (Å²) in [5.74, 6) is 0.137. The summed E-state index contributed by atoms with van der Waals surface area (Å²) in [7, 11) is -2.51. The molecule has 11 heteroatoms. The van der Waals surface area contributed by atoms with E-state index in [1.165, 1.54) is 36.0 Å². The first-order valence-electron chi connectivity index (χ1n) is 8.97. The Morgan fingerprint density at radius 2 is 1.67 bits per heavy atom. The minimum absolute atomic E-state index is 0.0479. The number of rotatable bonds is 6. The highest BCUT2D eigenvalue weighted by molar-refractivity contribution is 7.89. The van der Waals surface area contributed by atoms with E-state index in [0.29, 0.717) is 22.5 Å². The van der Waals surface area contributed by atoms with Crippen molar-refractivity contribution >= 4 is 33.3 Å². The third kappa shape index (κ3) is 4.84. The van der Waals surface area contributed by atoms with Gasteiger partial charge in [0.2, 0.25) is 15.9 Å². The molecule has 2 heterocycles. The maximum absolute atomic E-state index is 12.7. The van der Waals surface area contributed by atoms with Crippen LogP contribution < -0.4 is 5.32 Å². The first kappa shape index (κ1) is 21.9. The number of anilines is 1. The molecule has 0 bridgehead atoms. The number of nitrogens with one attached hydrogen (secondary N) is 1. The molecular formula is C19H21ClN6O3S. The van der Waals surface area contributed by atoms with Crippen LogP contribution in [0.15, 0.2) is 41.3 Å². The van der Waals surface area contributed by atoms with E-state index in [9.17, 15) is 13.2 Å². The third-order valence-corrected chi connectivity index (χ3v) is 6.22. The molecule has 158 valence electrons. The second-order valence-corrected chi connectivity index (χ2v) is 9.28. The molecule has 30 heavy (non-hydrogen) atoms. The Balaban J connectivity index is 1.79. The molecule has 9 nitrogen and oxygen atoms in total. The number of likely N-dealkylation sites (N-methyl/N-ethyl adjacent to an activating group) is 1. The van der Waals surface area contributed by atoms with Crippen molar-refractivity contribution in [3.8, 4) is 5.95 Å². The van der Waals surface area contributed by atoms with Crippen LogP contribution >= 0.6 is 11.6 Å². The molecule has 0 unspecified atom stereocenters. The second kappa shape index (κ2) is 8.50. The highest BCUT2D eigenvalue weighted by Gasteiger charge is 2.24. The van der Waals surface area contributed by atoms with E-state index < -0.39 is 15.9 Å². The lowest BCUT2D eigenvalue weighted by Crippen LogP contribution is -2.35. The van der Waals surface area contributed by atoms with Gasteiger partial charge >= 0.3 is 0 Å². The highest BCUT2D eigenvalue weighted by atomic mass is 35.5. The fraction of sp³-hybridized carbons (Fsp3) is 0.263. The average molecular weight is 449 g/mol. The van der Waals surface area contributed by atoms with E-state index in [1.54, 1.807) is 13.0 Å². The molecule has 0 radical (unpaired) electrons. The second-order valence-electron chi connectivity index (χ2n) is 6.80. The lowest BCUT2D eigenvalue weighted by Gasteiger charge is -2.17. The van der Waals surface area contributed by atoms with E-state index in [2.05, 4.69) is 20.4 Å². The Hall–Kier alpha value is -2.82. The summed E-state index contributed by atoms with van der Waals surface area (Å²) in [6, 6.07) is 9.23. The molecule has 0 aliphatic carbocycles. The summed E-state index contributed by atoms with van der Waals surface area (Å²) in [4.78, 5) is 21.3. The Morgan fingerprint density at radius 1 is 1.07 bits per heavy atom. The Bertz CT molecular complexity index is 1170. The molecule has 0 spiro atoms. The zero-order valence-corrected chi connectivity index (χ0v) is 18.5. The number of aryl methyl sites for hydroxylation is 3. The zero-order valence-electron chi connectivity index (χ0n) is 16.9. The summed E-state index contributed by atoms with van der Waals surface area (Å²) in [6.07, 6.45) is 0. The van der Waals surface area contributed by atoms with Gasteiger partial charge in [0.15, 0.2) is 0 Å². The van der Waals surface area contributed by atoms with Gasteiger partial charge in [-0.15, -0.1) is 0 Å². The molecule has 3 aromatic rings. The standard InChI is InChI=1S/C19H21ClN6O3S/c1-12-9-13(2)22-19(21-12)26-17(10-14(3)24-26)23-18(27)11-25(4)30(28,29)16-7-5-15(20)6-8-16/h5-10H,11H2,1-4H3,(H,23,27). The molecule has 0 atom stereocenters. The van der Waals surface area contributed by atoms with Crippen molar-refractivity contribution in [3.05, 3.63) is 58.5 Å². The normalized spacial score (nSPS) is 11.7. The number of aromatic nitrogens is 4. The number of halogens is 1. The van der Waals surface area contributed by atoms with Gasteiger partial charge in [-0.3, -0.25) is 4.79 Å². The van der Waals surface area contributed by atoms with Gasteiger partial charge in [0.1, 0.15) is 5.82 Å². The van der Waals surface area contributed by atoms with Gasteiger partial charge in [-0.1, -0.05) is 11.6 Å². The van der Waals surface area contributed by atoms with Gasteiger partial charge in [0.25, 0.3) is 5.95 Å². The van der Waals surface area contributed by atoms with Gasteiger partial charge in [-0.25, -0.2) is 18.4 Å². The highest BCUT2D eigenvalue weighted by Crippen LogP contribution is 2.18. The van der Waals surface area contributed by atoms with Crippen molar-refractivity contribution in [2.45, 2.75) is 25.7 Å². The molecule has 0 saturated carbocycles. The van der Waals surface area contributed by atoms with Crippen LogP contribution in [0.5, 0.6) is 0 Å². The number of nitrogens with zero attached hydrogens (tertiary/aromatic N) is 5. The number of carbonyl (C=O) groups excluding carboxylic acids is 1. The fourth-order valence-electron chi connectivity index (χ4n) is 2.80. The quantitative estimate of drug-likeness (QED) is 0.620. The van der Waals surface area contributed by atoms with E-state index in [-0.39, 0.29) is 11.4 Å². The van der Waals surface area contributed by atoms with Crippen molar-refractivity contribution in [3.63, 3.8) is 0 Å². The predicted molar refractivity (Wildman–Crippen MR) is 113 cm³/mol. The lowest BCUT2D eigenvalue weighted by atomic mass is 10.4. The SMILES string of the molecule is Cc1cc(C)nc(-n2nc(C)cc2NC(=O)CN(C)S(=O)(=O)c2ccc(Cl)cc2)n1. The zero-order chi connectivity index (χ0) is 22.1. The molecule has 1 N–H and O–H groups in total. The van der Waals surface area contributed by atoms with Crippen LogP contribution in [0.2, 0.25) is 5.02 Å². The van der Waals surface area contributed by atoms with Crippen LogP contribution in [-0.4, -0.2) is 52.0 Å². The van der Waals surface area contributed by atoms with Crippen LogP contribution in [0.3, 0.4) is 0 Å².